The fourth-order valence-corrected chi connectivity index (χ4v) is 3.86. The minimum atomic E-state index is -0.242. The van der Waals surface area contributed by atoms with Crippen molar-refractivity contribution in [2.45, 2.75) is 19.3 Å². The number of nitrogens with two attached hydrogens (primary N) is 1. The third kappa shape index (κ3) is 4.16. The van der Waals surface area contributed by atoms with Crippen LogP contribution in [0.5, 0.6) is 5.75 Å². The number of hydrogen-bond acceptors (Lipinski definition) is 6. The summed E-state index contributed by atoms with van der Waals surface area (Å²) in [5, 5.41) is 6.35. The molecule has 25 heavy (non-hydrogen) atoms. The van der Waals surface area contributed by atoms with Gasteiger partial charge in [0.05, 0.1) is 29.1 Å². The highest BCUT2D eigenvalue weighted by atomic mass is 35.5. The summed E-state index contributed by atoms with van der Waals surface area (Å²) >= 11 is 7.67. The van der Waals surface area contributed by atoms with Gasteiger partial charge in [-0.3, -0.25) is 4.79 Å². The van der Waals surface area contributed by atoms with Gasteiger partial charge in [-0.1, -0.05) is 11.6 Å². The van der Waals surface area contributed by atoms with E-state index in [-0.39, 0.29) is 5.91 Å². The van der Waals surface area contributed by atoms with Gasteiger partial charge in [-0.2, -0.15) is 0 Å². The molecule has 0 bridgehead atoms. The van der Waals surface area contributed by atoms with Crippen molar-refractivity contribution in [1.29, 1.82) is 0 Å². The van der Waals surface area contributed by atoms with Gasteiger partial charge in [0.25, 0.3) is 5.91 Å². The quantitative estimate of drug-likeness (QED) is 0.753. The molecule has 3 N–H and O–H groups in total. The molecule has 0 spiro atoms. The number of ether oxygens (including phenoxy) is 1. The number of hydrogen-bond donors (Lipinski definition) is 2. The molecular formula is C17H21ClN4O2S. The SMILES string of the molecule is COc1cc(N)c(Cl)cc1C(=O)NCCc1csc(N2CCCC2)n1. The highest BCUT2D eigenvalue weighted by Crippen LogP contribution is 2.29. The monoisotopic (exact) mass is 380 g/mol. The van der Waals surface area contributed by atoms with Gasteiger partial charge in [-0.25, -0.2) is 4.98 Å². The molecule has 1 aliphatic heterocycles. The second kappa shape index (κ2) is 7.93. The van der Waals surface area contributed by atoms with E-state index in [1.807, 2.05) is 0 Å². The van der Waals surface area contributed by atoms with Gasteiger partial charge in [-0.15, -0.1) is 11.3 Å². The molecule has 1 aliphatic rings. The van der Waals surface area contributed by atoms with Gasteiger partial charge in [0.15, 0.2) is 5.13 Å². The molecule has 134 valence electrons. The van der Waals surface area contributed by atoms with Crippen LogP contribution in [0.15, 0.2) is 17.5 Å². The van der Waals surface area contributed by atoms with Gasteiger partial charge in [-0.05, 0) is 18.9 Å². The molecule has 6 nitrogen and oxygen atoms in total. The molecule has 2 aromatic rings. The normalized spacial score (nSPS) is 13.9. The van der Waals surface area contributed by atoms with Crippen molar-refractivity contribution in [1.82, 2.24) is 10.3 Å². The Morgan fingerprint density at radius 2 is 2.20 bits per heavy atom. The number of nitrogens with one attached hydrogen (secondary N) is 1. The topological polar surface area (TPSA) is 80.5 Å². The molecule has 1 aromatic carbocycles. The molecule has 1 amide bonds. The van der Waals surface area contributed by atoms with Crippen molar-refractivity contribution in [3.63, 3.8) is 0 Å². The lowest BCUT2D eigenvalue weighted by molar-refractivity contribution is 0.0951. The van der Waals surface area contributed by atoms with E-state index in [9.17, 15) is 4.79 Å². The number of amides is 1. The summed E-state index contributed by atoms with van der Waals surface area (Å²) < 4.78 is 5.21. The zero-order valence-electron chi connectivity index (χ0n) is 14.0. The molecule has 3 rings (SSSR count). The van der Waals surface area contributed by atoms with Crippen molar-refractivity contribution in [2.24, 2.45) is 0 Å². The minimum Gasteiger partial charge on any atom is -0.496 e. The first kappa shape index (κ1) is 17.8. The fourth-order valence-electron chi connectivity index (χ4n) is 2.78. The van der Waals surface area contributed by atoms with Gasteiger partial charge in [0.1, 0.15) is 5.75 Å². The molecule has 0 unspecified atom stereocenters. The van der Waals surface area contributed by atoms with Crippen LogP contribution in [0.2, 0.25) is 5.02 Å². The third-order valence-corrected chi connectivity index (χ3v) is 5.42. The molecule has 0 atom stereocenters. The van der Waals surface area contributed by atoms with Crippen LogP contribution < -0.4 is 20.7 Å². The number of carbonyl (C=O) groups is 1. The first-order chi connectivity index (χ1) is 12.1. The van der Waals surface area contributed by atoms with E-state index in [0.717, 1.165) is 23.9 Å². The number of thiazole rings is 1. The van der Waals surface area contributed by atoms with E-state index in [2.05, 4.69) is 20.6 Å². The molecule has 2 heterocycles. The molecular weight excluding hydrogens is 360 g/mol. The van der Waals surface area contributed by atoms with Gasteiger partial charge >= 0.3 is 0 Å². The van der Waals surface area contributed by atoms with Crippen molar-refractivity contribution in [2.75, 3.05) is 37.4 Å². The van der Waals surface area contributed by atoms with Crippen LogP contribution in [-0.4, -0.2) is 37.6 Å². The molecule has 0 radical (unpaired) electrons. The standard InChI is InChI=1S/C17H21ClN4O2S/c1-24-15-9-14(19)13(18)8-12(15)16(23)20-5-4-11-10-25-17(21-11)22-6-2-3-7-22/h8-10H,2-7,19H2,1H3,(H,20,23). The molecule has 0 saturated carbocycles. The maximum atomic E-state index is 12.4. The van der Waals surface area contributed by atoms with Crippen LogP contribution in [-0.2, 0) is 6.42 Å². The summed E-state index contributed by atoms with van der Waals surface area (Å²) in [6.45, 7) is 2.66. The van der Waals surface area contributed by atoms with Crippen molar-refractivity contribution in [3.8, 4) is 5.75 Å². The van der Waals surface area contributed by atoms with Crippen LogP contribution >= 0.6 is 22.9 Å². The first-order valence-corrected chi connectivity index (χ1v) is 9.45. The number of anilines is 2. The zero-order chi connectivity index (χ0) is 17.8. The van der Waals surface area contributed by atoms with E-state index < -0.39 is 0 Å². The summed E-state index contributed by atoms with van der Waals surface area (Å²) in [6.07, 6.45) is 3.15. The van der Waals surface area contributed by atoms with Crippen molar-refractivity contribution >= 4 is 39.7 Å². The lowest BCUT2D eigenvalue weighted by Crippen LogP contribution is -2.26. The molecule has 1 fully saturated rings. The smallest absolute Gasteiger partial charge is 0.255 e. The van der Waals surface area contributed by atoms with Crippen LogP contribution in [0, 0.1) is 0 Å². The van der Waals surface area contributed by atoms with E-state index >= 15 is 0 Å². The summed E-state index contributed by atoms with van der Waals surface area (Å²) in [4.78, 5) is 19.3. The number of benzene rings is 1. The Balaban J connectivity index is 1.57. The number of methoxy groups -OCH3 is 1. The van der Waals surface area contributed by atoms with Crippen molar-refractivity contribution in [3.05, 3.63) is 33.8 Å². The number of halogens is 1. The second-order valence-electron chi connectivity index (χ2n) is 5.90. The third-order valence-electron chi connectivity index (χ3n) is 4.15. The number of aromatic nitrogens is 1. The highest BCUT2D eigenvalue weighted by molar-refractivity contribution is 7.13. The largest absolute Gasteiger partial charge is 0.496 e. The Hall–Kier alpha value is -1.99. The predicted octanol–water partition coefficient (Wildman–Crippen LogP) is 2.96. The van der Waals surface area contributed by atoms with E-state index in [4.69, 9.17) is 22.1 Å². The predicted molar refractivity (Wildman–Crippen MR) is 102 cm³/mol. The lowest BCUT2D eigenvalue weighted by atomic mass is 10.1. The Morgan fingerprint density at radius 3 is 2.92 bits per heavy atom. The number of carbonyl (C=O) groups excluding carboxylic acids is 1. The van der Waals surface area contributed by atoms with E-state index in [1.165, 1.54) is 26.0 Å². The molecule has 1 saturated heterocycles. The average Bonchev–Trinajstić information content (AvgIpc) is 3.28. The molecule has 1 aromatic heterocycles. The summed E-state index contributed by atoms with van der Waals surface area (Å²) in [5.74, 6) is 0.165. The van der Waals surface area contributed by atoms with E-state index in [1.54, 1.807) is 17.4 Å². The highest BCUT2D eigenvalue weighted by Gasteiger charge is 2.17. The second-order valence-corrected chi connectivity index (χ2v) is 7.14. The summed E-state index contributed by atoms with van der Waals surface area (Å²) in [6, 6.07) is 3.08. The number of nitrogen functional groups attached to an aromatic ring is 1. The maximum Gasteiger partial charge on any atom is 0.255 e. The van der Waals surface area contributed by atoms with Gasteiger partial charge in [0, 0.05) is 37.5 Å². The summed E-state index contributed by atoms with van der Waals surface area (Å²) in [7, 11) is 1.49. The van der Waals surface area contributed by atoms with Gasteiger partial charge in [0.2, 0.25) is 0 Å². The molecule has 8 heteroatoms. The average molecular weight is 381 g/mol. The van der Waals surface area contributed by atoms with Crippen LogP contribution in [0.1, 0.15) is 28.9 Å². The van der Waals surface area contributed by atoms with Crippen molar-refractivity contribution < 1.29 is 9.53 Å². The molecule has 0 aliphatic carbocycles. The Labute approximate surface area is 155 Å². The Kier molecular flexibility index (Phi) is 5.65. The summed E-state index contributed by atoms with van der Waals surface area (Å²) in [5.41, 5.74) is 7.49. The van der Waals surface area contributed by atoms with Crippen LogP contribution in [0.3, 0.4) is 0 Å². The number of nitrogens with zero attached hydrogens (tertiary/aromatic N) is 2. The zero-order valence-corrected chi connectivity index (χ0v) is 15.6. The van der Waals surface area contributed by atoms with E-state index in [0.29, 0.717) is 35.0 Å². The maximum absolute atomic E-state index is 12.4. The number of rotatable bonds is 6. The lowest BCUT2D eigenvalue weighted by Gasteiger charge is -2.12. The van der Waals surface area contributed by atoms with Crippen LogP contribution in [0.4, 0.5) is 10.8 Å². The Bertz CT molecular complexity index is 759. The fraction of sp³-hybridized carbons (Fsp3) is 0.412. The minimum absolute atomic E-state index is 0.242. The van der Waals surface area contributed by atoms with Gasteiger partial charge < -0.3 is 20.7 Å². The first-order valence-electron chi connectivity index (χ1n) is 8.19. The Morgan fingerprint density at radius 1 is 1.44 bits per heavy atom. The van der Waals surface area contributed by atoms with Crippen LogP contribution in [0.25, 0.3) is 0 Å².